The number of thiophene rings is 1. The van der Waals surface area contributed by atoms with Gasteiger partial charge in [-0.25, -0.2) is 4.79 Å². The van der Waals surface area contributed by atoms with Crippen LogP contribution in [0.5, 0.6) is 0 Å². The van der Waals surface area contributed by atoms with Crippen LogP contribution in [-0.4, -0.2) is 18.4 Å². The molecule has 0 atom stereocenters. The third-order valence-electron chi connectivity index (χ3n) is 3.02. The van der Waals surface area contributed by atoms with Crippen LogP contribution in [0.25, 0.3) is 11.0 Å². The van der Waals surface area contributed by atoms with Gasteiger partial charge in [0.1, 0.15) is 5.58 Å². The van der Waals surface area contributed by atoms with E-state index in [9.17, 15) is 14.4 Å². The standard InChI is InChI=1S/C16H9BrO5S/c17-15-6-5-14(23-15)11(19)8-21-16(20)13-7-10(18)9-3-1-2-4-12(9)22-13/h1-7H,8H2. The number of benzene rings is 1. The molecule has 0 aliphatic carbocycles. The molecule has 2 heterocycles. The lowest BCUT2D eigenvalue weighted by Gasteiger charge is -2.03. The molecule has 0 aliphatic rings. The molecule has 0 amide bonds. The van der Waals surface area contributed by atoms with Gasteiger partial charge in [-0.05, 0) is 40.2 Å². The Morgan fingerprint density at radius 2 is 1.96 bits per heavy atom. The molecule has 0 spiro atoms. The summed E-state index contributed by atoms with van der Waals surface area (Å²) in [6.07, 6.45) is 0. The molecular formula is C16H9BrO5S. The predicted octanol–water partition coefficient (Wildman–Crippen LogP) is 3.66. The van der Waals surface area contributed by atoms with Crippen molar-refractivity contribution in [1.82, 2.24) is 0 Å². The summed E-state index contributed by atoms with van der Waals surface area (Å²) >= 11 is 4.51. The number of Topliss-reactive ketones (excluding diaryl/α,β-unsaturated/α-hetero) is 1. The van der Waals surface area contributed by atoms with E-state index in [0.717, 1.165) is 9.85 Å². The molecule has 3 rings (SSSR count). The van der Waals surface area contributed by atoms with Crippen molar-refractivity contribution >= 4 is 50.0 Å². The molecule has 0 saturated carbocycles. The highest BCUT2D eigenvalue weighted by Crippen LogP contribution is 2.22. The van der Waals surface area contributed by atoms with Crippen LogP contribution in [0.2, 0.25) is 0 Å². The van der Waals surface area contributed by atoms with E-state index in [1.54, 1.807) is 36.4 Å². The number of ether oxygens (including phenoxy) is 1. The summed E-state index contributed by atoms with van der Waals surface area (Å²) in [6.45, 7) is -0.414. The Hall–Kier alpha value is -2.25. The molecule has 0 unspecified atom stereocenters. The van der Waals surface area contributed by atoms with Crippen molar-refractivity contribution in [3.8, 4) is 0 Å². The highest BCUT2D eigenvalue weighted by Gasteiger charge is 2.16. The second kappa shape index (κ2) is 6.47. The first-order valence-electron chi connectivity index (χ1n) is 6.53. The Kier molecular flexibility index (Phi) is 4.40. The van der Waals surface area contributed by atoms with Crippen LogP contribution in [0.4, 0.5) is 0 Å². The molecule has 7 heteroatoms. The Morgan fingerprint density at radius 3 is 2.70 bits per heavy atom. The van der Waals surface area contributed by atoms with Crippen molar-refractivity contribution in [2.24, 2.45) is 0 Å². The molecule has 1 aromatic carbocycles. The number of fused-ring (bicyclic) bond motifs is 1. The fraction of sp³-hybridized carbons (Fsp3) is 0.0625. The summed E-state index contributed by atoms with van der Waals surface area (Å²) in [5.74, 6) is -1.40. The average Bonchev–Trinajstić information content (AvgIpc) is 2.99. The van der Waals surface area contributed by atoms with Gasteiger partial charge in [0.25, 0.3) is 0 Å². The lowest BCUT2D eigenvalue weighted by molar-refractivity contribution is 0.0445. The van der Waals surface area contributed by atoms with Gasteiger partial charge in [0.05, 0.1) is 14.0 Å². The Balaban J connectivity index is 1.76. The van der Waals surface area contributed by atoms with E-state index < -0.39 is 12.6 Å². The van der Waals surface area contributed by atoms with Crippen LogP contribution < -0.4 is 5.43 Å². The van der Waals surface area contributed by atoms with Gasteiger partial charge in [0.2, 0.25) is 11.5 Å². The summed E-state index contributed by atoms with van der Waals surface area (Å²) in [5, 5.41) is 0.378. The van der Waals surface area contributed by atoms with Crippen molar-refractivity contribution in [1.29, 1.82) is 0 Å². The maximum absolute atomic E-state index is 12.0. The number of carbonyl (C=O) groups excluding carboxylic acids is 2. The lowest BCUT2D eigenvalue weighted by atomic mass is 10.2. The first-order chi connectivity index (χ1) is 11.0. The monoisotopic (exact) mass is 392 g/mol. The van der Waals surface area contributed by atoms with Crippen molar-refractivity contribution in [3.05, 3.63) is 67.1 Å². The van der Waals surface area contributed by atoms with Gasteiger partial charge in [-0.15, -0.1) is 11.3 Å². The molecular weight excluding hydrogens is 384 g/mol. The number of rotatable bonds is 4. The largest absolute Gasteiger partial charge is 0.451 e. The summed E-state index contributed by atoms with van der Waals surface area (Å²) < 4.78 is 11.1. The second-order valence-corrected chi connectivity index (χ2v) is 7.04. The normalized spacial score (nSPS) is 10.7. The summed E-state index contributed by atoms with van der Waals surface area (Å²) in [6, 6.07) is 11.0. The zero-order valence-corrected chi connectivity index (χ0v) is 14.0. The fourth-order valence-corrected chi connectivity index (χ4v) is 3.25. The first kappa shape index (κ1) is 15.6. The van der Waals surface area contributed by atoms with E-state index in [1.165, 1.54) is 11.3 Å². The maximum atomic E-state index is 12.0. The smallest absolute Gasteiger partial charge is 0.374 e. The van der Waals surface area contributed by atoms with Gasteiger partial charge in [-0.2, -0.15) is 0 Å². The first-order valence-corrected chi connectivity index (χ1v) is 8.14. The molecule has 3 aromatic rings. The Morgan fingerprint density at radius 1 is 1.17 bits per heavy atom. The van der Waals surface area contributed by atoms with Gasteiger partial charge in [0.15, 0.2) is 12.0 Å². The van der Waals surface area contributed by atoms with Crippen LogP contribution in [-0.2, 0) is 4.74 Å². The number of halogens is 1. The number of ketones is 1. The minimum atomic E-state index is -0.850. The van der Waals surface area contributed by atoms with E-state index in [4.69, 9.17) is 9.15 Å². The highest BCUT2D eigenvalue weighted by atomic mass is 79.9. The zero-order chi connectivity index (χ0) is 16.4. The minimum Gasteiger partial charge on any atom is -0.451 e. The zero-order valence-electron chi connectivity index (χ0n) is 11.6. The van der Waals surface area contributed by atoms with Crippen molar-refractivity contribution in [2.75, 3.05) is 6.61 Å². The third kappa shape index (κ3) is 3.40. The van der Waals surface area contributed by atoms with Crippen LogP contribution in [0.3, 0.4) is 0 Å². The Bertz CT molecular complexity index is 956. The van der Waals surface area contributed by atoms with E-state index in [0.29, 0.717) is 15.8 Å². The third-order valence-corrected chi connectivity index (χ3v) is 4.68. The molecule has 0 aliphatic heterocycles. The molecule has 0 fully saturated rings. The molecule has 2 aromatic heterocycles. The average molecular weight is 393 g/mol. The van der Waals surface area contributed by atoms with Gasteiger partial charge in [-0.3, -0.25) is 9.59 Å². The molecule has 0 bridgehead atoms. The van der Waals surface area contributed by atoms with E-state index in [1.807, 2.05) is 0 Å². The van der Waals surface area contributed by atoms with Crippen LogP contribution in [0, 0.1) is 0 Å². The number of hydrogen-bond donors (Lipinski definition) is 0. The van der Waals surface area contributed by atoms with E-state index in [-0.39, 0.29) is 17.0 Å². The summed E-state index contributed by atoms with van der Waals surface area (Å²) in [4.78, 5) is 36.3. The van der Waals surface area contributed by atoms with E-state index >= 15 is 0 Å². The molecule has 0 N–H and O–H groups in total. The van der Waals surface area contributed by atoms with Crippen molar-refractivity contribution < 1.29 is 18.7 Å². The van der Waals surface area contributed by atoms with Gasteiger partial charge in [0, 0.05) is 6.07 Å². The SMILES string of the molecule is O=C(OCC(=O)c1ccc(Br)s1)c1cc(=O)c2ccccc2o1. The number of carbonyl (C=O) groups is 2. The lowest BCUT2D eigenvalue weighted by Crippen LogP contribution is -2.15. The van der Waals surface area contributed by atoms with E-state index in [2.05, 4.69) is 15.9 Å². The fourth-order valence-electron chi connectivity index (χ4n) is 1.94. The second-order valence-electron chi connectivity index (χ2n) is 4.57. The number of para-hydroxylation sites is 1. The quantitative estimate of drug-likeness (QED) is 0.500. The van der Waals surface area contributed by atoms with Gasteiger partial charge < -0.3 is 9.15 Å². The Labute approximate surface area is 142 Å². The van der Waals surface area contributed by atoms with Crippen molar-refractivity contribution in [3.63, 3.8) is 0 Å². The molecule has 0 saturated heterocycles. The molecule has 23 heavy (non-hydrogen) atoms. The van der Waals surface area contributed by atoms with Gasteiger partial charge in [-0.1, -0.05) is 12.1 Å². The van der Waals surface area contributed by atoms with Crippen LogP contribution in [0.15, 0.2) is 55.5 Å². The number of esters is 1. The summed E-state index contributed by atoms with van der Waals surface area (Å²) in [5.41, 5.74) is -0.0484. The molecule has 0 radical (unpaired) electrons. The van der Waals surface area contributed by atoms with Crippen molar-refractivity contribution in [2.45, 2.75) is 0 Å². The van der Waals surface area contributed by atoms with Gasteiger partial charge >= 0.3 is 5.97 Å². The summed E-state index contributed by atoms with van der Waals surface area (Å²) in [7, 11) is 0. The maximum Gasteiger partial charge on any atom is 0.374 e. The predicted molar refractivity (Wildman–Crippen MR) is 89.1 cm³/mol. The minimum absolute atomic E-state index is 0.228. The number of hydrogen-bond acceptors (Lipinski definition) is 6. The highest BCUT2D eigenvalue weighted by molar-refractivity contribution is 9.11. The molecule has 116 valence electrons. The molecule has 5 nitrogen and oxygen atoms in total. The van der Waals surface area contributed by atoms with Crippen LogP contribution in [0.1, 0.15) is 20.2 Å². The topological polar surface area (TPSA) is 73.6 Å². The van der Waals surface area contributed by atoms with Crippen LogP contribution >= 0.6 is 27.3 Å².